The van der Waals surface area contributed by atoms with Gasteiger partial charge in [0.2, 0.25) is 0 Å². The van der Waals surface area contributed by atoms with Gasteiger partial charge in [-0.15, -0.1) is 0 Å². The molecule has 0 saturated carbocycles. The molecule has 3 nitrogen and oxygen atoms in total. The molecule has 1 aromatic carbocycles. The molecule has 0 fully saturated rings. The van der Waals surface area contributed by atoms with Crippen LogP contribution in [0.1, 0.15) is 70.7 Å². The number of nitrogens with one attached hydrogen (secondary N) is 1. The molecule has 25 heavy (non-hydrogen) atoms. The summed E-state index contributed by atoms with van der Waals surface area (Å²) in [6, 6.07) is 6.23. The summed E-state index contributed by atoms with van der Waals surface area (Å²) in [6.45, 7) is 14.3. The number of benzene rings is 1. The number of phenols is 1. The van der Waals surface area contributed by atoms with E-state index in [-0.39, 0.29) is 15.9 Å². The van der Waals surface area contributed by atoms with Crippen molar-refractivity contribution in [2.45, 2.75) is 70.7 Å². The lowest BCUT2D eigenvalue weighted by molar-refractivity contribution is -0.109. The van der Waals surface area contributed by atoms with Gasteiger partial charge in [-0.05, 0) is 57.3 Å². The van der Waals surface area contributed by atoms with Gasteiger partial charge in [0.1, 0.15) is 5.75 Å². The highest BCUT2D eigenvalue weighted by Gasteiger charge is 2.26. The van der Waals surface area contributed by atoms with Crippen molar-refractivity contribution in [3.63, 3.8) is 0 Å². The highest BCUT2D eigenvalue weighted by molar-refractivity contribution is 8.13. The molecule has 0 bridgehead atoms. The minimum absolute atomic E-state index is 0.0723. The second-order valence-electron chi connectivity index (χ2n) is 8.68. The second-order valence-corrected chi connectivity index (χ2v) is 9.90. The molecule has 0 aliphatic rings. The van der Waals surface area contributed by atoms with Crippen LogP contribution in [0, 0.1) is 0 Å². The van der Waals surface area contributed by atoms with Gasteiger partial charge in [-0.25, -0.2) is 0 Å². The Bertz CT molecular complexity index is 741. The maximum atomic E-state index is 11.2. The van der Waals surface area contributed by atoms with Crippen LogP contribution in [0.4, 0.5) is 0 Å². The first kappa shape index (κ1) is 19.6. The number of aromatic amines is 1. The fraction of sp³-hybridized carbons (Fsp3) is 0.476. The van der Waals surface area contributed by atoms with E-state index in [0.717, 1.165) is 28.1 Å². The summed E-state index contributed by atoms with van der Waals surface area (Å²) in [4.78, 5) is 14.4. The standard InChI is InChI=1S/C21H29NO2S/c1-13(23)25-18-11-15(12-22-18)8-14-9-16(20(2,3)4)19(24)17(10-14)21(5,6)7/h9-12,22,24H,8H2,1-7H3. The molecule has 0 spiro atoms. The van der Waals surface area contributed by atoms with Gasteiger partial charge in [0, 0.05) is 13.1 Å². The molecule has 2 aromatic rings. The van der Waals surface area contributed by atoms with Gasteiger partial charge in [-0.2, -0.15) is 0 Å². The lowest BCUT2D eigenvalue weighted by Crippen LogP contribution is -2.18. The zero-order valence-electron chi connectivity index (χ0n) is 16.3. The summed E-state index contributed by atoms with van der Waals surface area (Å²) < 4.78 is 0. The molecule has 0 aliphatic heterocycles. The highest BCUT2D eigenvalue weighted by atomic mass is 32.2. The van der Waals surface area contributed by atoms with Crippen LogP contribution < -0.4 is 0 Å². The molecular formula is C21H29NO2S. The smallest absolute Gasteiger partial charge is 0.192 e. The van der Waals surface area contributed by atoms with Gasteiger partial charge in [0.05, 0.1) is 5.03 Å². The summed E-state index contributed by atoms with van der Waals surface area (Å²) in [5.74, 6) is 0.408. The number of carbonyl (C=O) groups excluding carboxylic acids is 1. The third-order valence-electron chi connectivity index (χ3n) is 4.16. The first-order valence-corrected chi connectivity index (χ1v) is 9.42. The predicted octanol–water partition coefficient (Wildman–Crippen LogP) is 5.54. The zero-order chi connectivity index (χ0) is 19.0. The molecule has 0 aliphatic carbocycles. The number of H-pyrrole nitrogens is 1. The van der Waals surface area contributed by atoms with Crippen LogP contribution in [0.2, 0.25) is 0 Å². The minimum atomic E-state index is -0.131. The Morgan fingerprint density at radius 3 is 1.96 bits per heavy atom. The van der Waals surface area contributed by atoms with Gasteiger partial charge in [0.25, 0.3) is 0 Å². The van der Waals surface area contributed by atoms with E-state index in [0.29, 0.717) is 5.75 Å². The number of aromatic nitrogens is 1. The van der Waals surface area contributed by atoms with Crippen LogP contribution in [0.5, 0.6) is 5.75 Å². The normalized spacial score (nSPS) is 12.4. The molecule has 0 radical (unpaired) electrons. The van der Waals surface area contributed by atoms with Crippen molar-refractivity contribution >= 4 is 16.9 Å². The average Bonchev–Trinajstić information content (AvgIpc) is 2.84. The Labute approximate surface area is 155 Å². The Morgan fingerprint density at radius 1 is 1.00 bits per heavy atom. The van der Waals surface area contributed by atoms with Crippen molar-refractivity contribution in [1.29, 1.82) is 0 Å². The Morgan fingerprint density at radius 2 is 1.52 bits per heavy atom. The number of phenolic OH excluding ortho intramolecular Hbond substituents is 1. The van der Waals surface area contributed by atoms with Crippen molar-refractivity contribution < 1.29 is 9.90 Å². The van der Waals surface area contributed by atoms with Crippen LogP contribution in [-0.4, -0.2) is 15.2 Å². The molecule has 0 atom stereocenters. The number of carbonyl (C=O) groups is 1. The van der Waals surface area contributed by atoms with Crippen LogP contribution in [0.15, 0.2) is 29.4 Å². The Balaban J connectivity index is 2.44. The lowest BCUT2D eigenvalue weighted by Gasteiger charge is -2.28. The monoisotopic (exact) mass is 359 g/mol. The number of hydrogen-bond donors (Lipinski definition) is 2. The minimum Gasteiger partial charge on any atom is -0.507 e. The topological polar surface area (TPSA) is 53.1 Å². The third-order valence-corrected chi connectivity index (χ3v) is 4.91. The molecule has 0 amide bonds. The van der Waals surface area contributed by atoms with E-state index in [2.05, 4.69) is 58.7 Å². The summed E-state index contributed by atoms with van der Waals surface area (Å²) in [5, 5.41) is 11.7. The van der Waals surface area contributed by atoms with Crippen molar-refractivity contribution in [3.05, 3.63) is 46.6 Å². The Hall–Kier alpha value is -1.68. The highest BCUT2D eigenvalue weighted by Crippen LogP contribution is 2.40. The second kappa shape index (κ2) is 6.91. The van der Waals surface area contributed by atoms with E-state index < -0.39 is 0 Å². The van der Waals surface area contributed by atoms with Crippen molar-refractivity contribution in [1.82, 2.24) is 4.98 Å². The lowest BCUT2D eigenvalue weighted by atomic mass is 9.78. The van der Waals surface area contributed by atoms with Crippen molar-refractivity contribution in [3.8, 4) is 5.75 Å². The quantitative estimate of drug-likeness (QED) is 0.707. The third kappa shape index (κ3) is 4.91. The van der Waals surface area contributed by atoms with Gasteiger partial charge < -0.3 is 10.1 Å². The Kier molecular flexibility index (Phi) is 5.43. The maximum absolute atomic E-state index is 11.2. The van der Waals surface area contributed by atoms with Crippen LogP contribution in [-0.2, 0) is 22.0 Å². The summed E-state index contributed by atoms with van der Waals surface area (Å²) in [7, 11) is 0. The van der Waals surface area contributed by atoms with Gasteiger partial charge in [-0.1, -0.05) is 53.7 Å². The molecule has 2 N–H and O–H groups in total. The van der Waals surface area contributed by atoms with Gasteiger partial charge >= 0.3 is 0 Å². The summed E-state index contributed by atoms with van der Waals surface area (Å²) in [6.07, 6.45) is 2.72. The molecular weight excluding hydrogens is 330 g/mol. The zero-order valence-corrected chi connectivity index (χ0v) is 17.1. The summed E-state index contributed by atoms with van der Waals surface area (Å²) in [5.41, 5.74) is 4.00. The number of aromatic hydroxyl groups is 1. The molecule has 1 aromatic heterocycles. The molecule has 2 rings (SSSR count). The SMILES string of the molecule is CC(=O)Sc1cc(Cc2cc(C(C)(C)C)c(O)c(C(C)(C)C)c2)c[nH]1. The largest absolute Gasteiger partial charge is 0.507 e. The van der Waals surface area contributed by atoms with Gasteiger partial charge in [0.15, 0.2) is 5.12 Å². The number of rotatable bonds is 3. The molecule has 0 unspecified atom stereocenters. The average molecular weight is 360 g/mol. The van der Waals surface area contributed by atoms with Crippen molar-refractivity contribution in [2.75, 3.05) is 0 Å². The first-order valence-electron chi connectivity index (χ1n) is 8.60. The molecule has 1 heterocycles. The van der Waals surface area contributed by atoms with E-state index in [1.165, 1.54) is 17.3 Å². The van der Waals surface area contributed by atoms with E-state index in [9.17, 15) is 9.90 Å². The molecule has 4 heteroatoms. The van der Waals surface area contributed by atoms with Crippen LogP contribution in [0.25, 0.3) is 0 Å². The van der Waals surface area contributed by atoms with Crippen molar-refractivity contribution in [2.24, 2.45) is 0 Å². The predicted molar refractivity (Wildman–Crippen MR) is 106 cm³/mol. The first-order chi connectivity index (χ1) is 11.4. The van der Waals surface area contributed by atoms with E-state index in [4.69, 9.17) is 0 Å². The van der Waals surface area contributed by atoms with Gasteiger partial charge in [-0.3, -0.25) is 4.79 Å². The maximum Gasteiger partial charge on any atom is 0.192 e. The summed E-state index contributed by atoms with van der Waals surface area (Å²) >= 11 is 1.21. The van der Waals surface area contributed by atoms with Crippen LogP contribution >= 0.6 is 11.8 Å². The molecule has 0 saturated heterocycles. The van der Waals surface area contributed by atoms with E-state index in [1.807, 2.05) is 12.3 Å². The van der Waals surface area contributed by atoms with E-state index >= 15 is 0 Å². The number of thioether (sulfide) groups is 1. The van der Waals surface area contributed by atoms with E-state index in [1.54, 1.807) is 6.92 Å². The fourth-order valence-corrected chi connectivity index (χ4v) is 3.54. The molecule has 136 valence electrons. The fourth-order valence-electron chi connectivity index (χ4n) is 2.91. The van der Waals surface area contributed by atoms with Crippen LogP contribution in [0.3, 0.4) is 0 Å². The number of hydrogen-bond acceptors (Lipinski definition) is 3.